The third kappa shape index (κ3) is 2.29. The summed E-state index contributed by atoms with van der Waals surface area (Å²) >= 11 is 0. The summed E-state index contributed by atoms with van der Waals surface area (Å²) in [6, 6.07) is 1.83. The molecule has 2 nitrogen and oxygen atoms in total. The summed E-state index contributed by atoms with van der Waals surface area (Å²) in [4.78, 5) is 0. The summed E-state index contributed by atoms with van der Waals surface area (Å²) in [5, 5.41) is 9.86. The molecule has 0 saturated carbocycles. The van der Waals surface area contributed by atoms with Crippen LogP contribution in [0.4, 0.5) is 13.2 Å². The molecule has 0 aromatic heterocycles. The van der Waals surface area contributed by atoms with Crippen LogP contribution in [0.15, 0.2) is 24.0 Å². The SMILES string of the molecule is OC(C1=COCCC1)c1ccc(F)c(F)c1F. The zero-order valence-corrected chi connectivity index (χ0v) is 8.92. The van der Waals surface area contributed by atoms with E-state index in [-0.39, 0.29) is 5.56 Å². The first kappa shape index (κ1) is 12.0. The van der Waals surface area contributed by atoms with Crippen LogP contribution in [0.25, 0.3) is 0 Å². The summed E-state index contributed by atoms with van der Waals surface area (Å²) in [6.07, 6.45) is 1.29. The van der Waals surface area contributed by atoms with Crippen LogP contribution >= 0.6 is 0 Å². The first-order chi connectivity index (χ1) is 8.11. The van der Waals surface area contributed by atoms with Crippen molar-refractivity contribution in [2.45, 2.75) is 18.9 Å². The molecule has 0 fully saturated rings. The average molecular weight is 244 g/mol. The molecule has 0 bridgehead atoms. The van der Waals surface area contributed by atoms with Crippen LogP contribution in [0, 0.1) is 17.5 Å². The molecule has 0 amide bonds. The number of ether oxygens (including phenoxy) is 1. The van der Waals surface area contributed by atoms with Crippen molar-refractivity contribution in [1.82, 2.24) is 0 Å². The van der Waals surface area contributed by atoms with Gasteiger partial charge in [0, 0.05) is 5.56 Å². The minimum Gasteiger partial charge on any atom is -0.501 e. The fourth-order valence-electron chi connectivity index (χ4n) is 1.74. The van der Waals surface area contributed by atoms with E-state index < -0.39 is 23.6 Å². The molecular weight excluding hydrogens is 233 g/mol. The van der Waals surface area contributed by atoms with E-state index in [4.69, 9.17) is 4.74 Å². The number of benzene rings is 1. The van der Waals surface area contributed by atoms with Gasteiger partial charge in [0.1, 0.15) is 6.10 Å². The lowest BCUT2D eigenvalue weighted by atomic mass is 9.97. The lowest BCUT2D eigenvalue weighted by molar-refractivity contribution is 0.166. The molecule has 17 heavy (non-hydrogen) atoms. The quantitative estimate of drug-likeness (QED) is 0.810. The summed E-state index contributed by atoms with van der Waals surface area (Å²) in [6.45, 7) is 0.538. The molecule has 1 aromatic carbocycles. The Morgan fingerprint density at radius 3 is 2.59 bits per heavy atom. The second-order valence-corrected chi connectivity index (χ2v) is 3.83. The van der Waals surface area contributed by atoms with E-state index in [1.165, 1.54) is 6.26 Å². The molecule has 1 aromatic rings. The zero-order valence-electron chi connectivity index (χ0n) is 8.92. The van der Waals surface area contributed by atoms with Crippen molar-refractivity contribution in [2.75, 3.05) is 6.61 Å². The van der Waals surface area contributed by atoms with Crippen LogP contribution < -0.4 is 0 Å². The van der Waals surface area contributed by atoms with Crippen molar-refractivity contribution in [3.63, 3.8) is 0 Å². The highest BCUT2D eigenvalue weighted by Gasteiger charge is 2.23. The summed E-state index contributed by atoms with van der Waals surface area (Å²) in [5.74, 6) is -4.20. The van der Waals surface area contributed by atoms with Gasteiger partial charge in [-0.2, -0.15) is 0 Å². The van der Waals surface area contributed by atoms with Gasteiger partial charge in [0.05, 0.1) is 12.9 Å². The third-order valence-corrected chi connectivity index (χ3v) is 2.67. The topological polar surface area (TPSA) is 29.5 Å². The molecule has 1 aliphatic rings. The van der Waals surface area contributed by atoms with Crippen molar-refractivity contribution in [2.24, 2.45) is 0 Å². The predicted molar refractivity (Wildman–Crippen MR) is 54.5 cm³/mol. The normalized spacial score (nSPS) is 17.3. The smallest absolute Gasteiger partial charge is 0.194 e. The van der Waals surface area contributed by atoms with E-state index >= 15 is 0 Å². The number of halogens is 3. The third-order valence-electron chi connectivity index (χ3n) is 2.67. The van der Waals surface area contributed by atoms with Gasteiger partial charge in [0.25, 0.3) is 0 Å². The van der Waals surface area contributed by atoms with Gasteiger partial charge in [-0.1, -0.05) is 6.07 Å². The minimum atomic E-state index is -1.57. The van der Waals surface area contributed by atoms with Crippen molar-refractivity contribution in [3.05, 3.63) is 47.0 Å². The monoisotopic (exact) mass is 244 g/mol. The van der Waals surface area contributed by atoms with Crippen LogP contribution in [0.2, 0.25) is 0 Å². The maximum Gasteiger partial charge on any atom is 0.194 e. The molecular formula is C12H11F3O2. The van der Waals surface area contributed by atoms with Crippen LogP contribution in [0.3, 0.4) is 0 Å². The number of rotatable bonds is 2. The lowest BCUT2D eigenvalue weighted by Gasteiger charge is -2.19. The Morgan fingerprint density at radius 2 is 1.94 bits per heavy atom. The number of hydrogen-bond donors (Lipinski definition) is 1. The molecule has 1 aliphatic heterocycles. The highest BCUT2D eigenvalue weighted by atomic mass is 19.2. The molecule has 0 saturated heterocycles. The highest BCUT2D eigenvalue weighted by Crippen LogP contribution is 2.30. The van der Waals surface area contributed by atoms with Gasteiger partial charge in [-0.25, -0.2) is 13.2 Å². The Hall–Kier alpha value is -1.49. The Kier molecular flexibility index (Phi) is 3.38. The van der Waals surface area contributed by atoms with Crippen LogP contribution in [0.1, 0.15) is 24.5 Å². The maximum absolute atomic E-state index is 13.4. The standard InChI is InChI=1S/C12H11F3O2/c13-9-4-3-8(10(14)11(9)15)12(16)7-2-1-5-17-6-7/h3-4,6,12,16H,1-2,5H2. The molecule has 0 spiro atoms. The van der Waals surface area contributed by atoms with Crippen molar-refractivity contribution < 1.29 is 23.0 Å². The van der Waals surface area contributed by atoms with Gasteiger partial charge < -0.3 is 9.84 Å². The first-order valence-electron chi connectivity index (χ1n) is 5.23. The van der Waals surface area contributed by atoms with Gasteiger partial charge in [-0.3, -0.25) is 0 Å². The first-order valence-corrected chi connectivity index (χ1v) is 5.23. The summed E-state index contributed by atoms with van der Waals surface area (Å²) in [7, 11) is 0. The van der Waals surface area contributed by atoms with Crippen LogP contribution in [-0.4, -0.2) is 11.7 Å². The molecule has 1 atom stereocenters. The fraction of sp³-hybridized carbons (Fsp3) is 0.333. The van der Waals surface area contributed by atoms with E-state index in [2.05, 4.69) is 0 Å². The molecule has 1 heterocycles. The van der Waals surface area contributed by atoms with Crippen LogP contribution in [-0.2, 0) is 4.74 Å². The second-order valence-electron chi connectivity index (χ2n) is 3.83. The van der Waals surface area contributed by atoms with Gasteiger partial charge in [-0.05, 0) is 24.5 Å². The number of aliphatic hydroxyl groups excluding tert-OH is 1. The summed E-state index contributed by atoms with van der Waals surface area (Å²) < 4.78 is 44.2. The molecule has 0 radical (unpaired) electrons. The van der Waals surface area contributed by atoms with Gasteiger partial charge >= 0.3 is 0 Å². The Balaban J connectivity index is 2.34. The zero-order chi connectivity index (χ0) is 12.4. The van der Waals surface area contributed by atoms with Crippen molar-refractivity contribution in [1.29, 1.82) is 0 Å². The average Bonchev–Trinajstić information content (AvgIpc) is 2.36. The van der Waals surface area contributed by atoms with Crippen molar-refractivity contribution in [3.8, 4) is 0 Å². The predicted octanol–water partition coefficient (Wildman–Crippen LogP) is 2.83. The van der Waals surface area contributed by atoms with Gasteiger partial charge in [-0.15, -0.1) is 0 Å². The van der Waals surface area contributed by atoms with Crippen molar-refractivity contribution >= 4 is 0 Å². The van der Waals surface area contributed by atoms with Crippen LogP contribution in [0.5, 0.6) is 0 Å². The van der Waals surface area contributed by atoms with E-state index in [0.717, 1.165) is 12.1 Å². The minimum absolute atomic E-state index is 0.277. The van der Waals surface area contributed by atoms with E-state index in [9.17, 15) is 18.3 Å². The van der Waals surface area contributed by atoms with Gasteiger partial charge in [0.15, 0.2) is 17.5 Å². The lowest BCUT2D eigenvalue weighted by Crippen LogP contribution is -2.10. The number of hydrogen-bond acceptors (Lipinski definition) is 2. The molecule has 1 unspecified atom stereocenters. The molecule has 0 aliphatic carbocycles. The maximum atomic E-state index is 13.4. The summed E-state index contributed by atoms with van der Waals surface area (Å²) in [5.41, 5.74) is 0.182. The fourth-order valence-corrected chi connectivity index (χ4v) is 1.74. The van der Waals surface area contributed by atoms with E-state index in [1.807, 2.05) is 0 Å². The second kappa shape index (κ2) is 4.79. The molecule has 2 rings (SSSR count). The van der Waals surface area contributed by atoms with E-state index in [0.29, 0.717) is 25.0 Å². The number of aliphatic hydroxyl groups is 1. The Labute approximate surface area is 96.3 Å². The highest BCUT2D eigenvalue weighted by molar-refractivity contribution is 5.28. The molecule has 5 heteroatoms. The largest absolute Gasteiger partial charge is 0.501 e. The Bertz CT molecular complexity index is 457. The Morgan fingerprint density at radius 1 is 1.18 bits per heavy atom. The van der Waals surface area contributed by atoms with Gasteiger partial charge in [0.2, 0.25) is 0 Å². The van der Waals surface area contributed by atoms with E-state index in [1.54, 1.807) is 0 Å². The molecule has 92 valence electrons. The molecule has 1 N–H and O–H groups in total.